The average Bonchev–Trinajstić information content (AvgIpc) is 2.64. The number of rotatable bonds is 6. The molecule has 0 spiro atoms. The number of carbonyl (C=O) groups is 2. The topological polar surface area (TPSA) is 96.6 Å². The Morgan fingerprint density at radius 3 is 2.41 bits per heavy atom. The predicted octanol–water partition coefficient (Wildman–Crippen LogP) is 3.57. The van der Waals surface area contributed by atoms with Gasteiger partial charge < -0.3 is 14.8 Å². The largest absolute Gasteiger partial charge is 0.506 e. The van der Waals surface area contributed by atoms with Crippen LogP contribution < -0.4 is 5.56 Å². The van der Waals surface area contributed by atoms with Gasteiger partial charge in [-0.3, -0.25) is 14.4 Å². The first-order valence-corrected chi connectivity index (χ1v) is 9.01. The summed E-state index contributed by atoms with van der Waals surface area (Å²) in [6.45, 7) is 0.214. The summed E-state index contributed by atoms with van der Waals surface area (Å²) in [7, 11) is 0. The Morgan fingerprint density at radius 2 is 1.74 bits per heavy atom. The van der Waals surface area contributed by atoms with Gasteiger partial charge in [-0.05, 0) is 23.8 Å². The van der Waals surface area contributed by atoms with Crippen molar-refractivity contribution in [3.8, 4) is 5.75 Å². The highest BCUT2D eigenvalue weighted by molar-refractivity contribution is 9.10. The fourth-order valence-corrected chi connectivity index (χ4v) is 3.28. The summed E-state index contributed by atoms with van der Waals surface area (Å²) >= 11 is 3.36. The standard InChI is InChI=1S/C20H16BrNO5/c21-13-6-7-14-15(10-13)22(11-12-4-2-1-3-5-12)20(27)18(19(14)26)16(23)8-9-17(24)25/h1-7,10,26H,8-9,11H2,(H,24,25). The number of ketones is 1. The maximum absolute atomic E-state index is 13.0. The van der Waals surface area contributed by atoms with Gasteiger partial charge in [0, 0.05) is 16.3 Å². The highest BCUT2D eigenvalue weighted by Crippen LogP contribution is 2.30. The van der Waals surface area contributed by atoms with Gasteiger partial charge in [0.1, 0.15) is 11.3 Å². The fraction of sp³-hybridized carbons (Fsp3) is 0.150. The number of hydrogen-bond acceptors (Lipinski definition) is 4. The number of benzene rings is 2. The number of nitrogens with zero attached hydrogens (tertiary/aromatic N) is 1. The number of pyridine rings is 1. The number of carboxylic acids is 1. The molecule has 1 heterocycles. The lowest BCUT2D eigenvalue weighted by Gasteiger charge is -2.15. The first kappa shape index (κ1) is 18.8. The summed E-state index contributed by atoms with van der Waals surface area (Å²) < 4.78 is 2.14. The van der Waals surface area contributed by atoms with Crippen LogP contribution in [0.15, 0.2) is 57.8 Å². The molecule has 0 fully saturated rings. The van der Waals surface area contributed by atoms with Crippen molar-refractivity contribution in [2.45, 2.75) is 19.4 Å². The van der Waals surface area contributed by atoms with Gasteiger partial charge in [-0.25, -0.2) is 0 Å². The number of fused-ring (bicyclic) bond motifs is 1. The van der Waals surface area contributed by atoms with E-state index in [-0.39, 0.29) is 18.5 Å². The Bertz CT molecular complexity index is 1090. The highest BCUT2D eigenvalue weighted by Gasteiger charge is 2.22. The summed E-state index contributed by atoms with van der Waals surface area (Å²) in [6, 6.07) is 14.3. The Labute approximate surface area is 162 Å². The van der Waals surface area contributed by atoms with E-state index in [0.717, 1.165) is 10.0 Å². The summed E-state index contributed by atoms with van der Waals surface area (Å²) in [5, 5.41) is 19.7. The molecule has 0 aliphatic rings. The molecule has 0 bridgehead atoms. The number of carboxylic acid groups (broad SMARTS) is 1. The molecular weight excluding hydrogens is 414 g/mol. The number of Topliss-reactive ketones (excluding diaryl/α,β-unsaturated/α-hetero) is 1. The van der Waals surface area contributed by atoms with E-state index in [1.54, 1.807) is 18.2 Å². The Balaban J connectivity index is 2.22. The molecule has 3 aromatic rings. The first-order valence-electron chi connectivity index (χ1n) is 8.22. The molecule has 0 saturated heterocycles. The van der Waals surface area contributed by atoms with Crippen molar-refractivity contribution in [2.24, 2.45) is 0 Å². The van der Waals surface area contributed by atoms with Crippen LogP contribution in [0.2, 0.25) is 0 Å². The summed E-state index contributed by atoms with van der Waals surface area (Å²) in [6.07, 6.45) is -0.764. The minimum Gasteiger partial charge on any atom is -0.506 e. The molecule has 0 atom stereocenters. The lowest BCUT2D eigenvalue weighted by atomic mass is 10.0. The molecule has 0 aliphatic carbocycles. The quantitative estimate of drug-likeness (QED) is 0.583. The Morgan fingerprint density at radius 1 is 1.04 bits per heavy atom. The van der Waals surface area contributed by atoms with E-state index in [2.05, 4.69) is 15.9 Å². The molecule has 138 valence electrons. The van der Waals surface area contributed by atoms with Gasteiger partial charge in [0.2, 0.25) is 0 Å². The predicted molar refractivity (Wildman–Crippen MR) is 104 cm³/mol. The second-order valence-electron chi connectivity index (χ2n) is 6.08. The molecule has 0 saturated carbocycles. The molecule has 3 rings (SSSR count). The van der Waals surface area contributed by atoms with Crippen LogP contribution in [0.5, 0.6) is 5.75 Å². The van der Waals surface area contributed by atoms with Crippen LogP contribution in [-0.2, 0) is 11.3 Å². The van der Waals surface area contributed by atoms with E-state index in [1.165, 1.54) is 4.57 Å². The summed E-state index contributed by atoms with van der Waals surface area (Å²) in [4.78, 5) is 36.2. The van der Waals surface area contributed by atoms with Gasteiger partial charge in [0.05, 0.1) is 18.5 Å². The molecule has 0 unspecified atom stereocenters. The van der Waals surface area contributed by atoms with Crippen LogP contribution in [0.4, 0.5) is 0 Å². The normalized spacial score (nSPS) is 10.9. The van der Waals surface area contributed by atoms with Crippen molar-refractivity contribution in [1.82, 2.24) is 4.57 Å². The lowest BCUT2D eigenvalue weighted by Crippen LogP contribution is -2.27. The molecule has 27 heavy (non-hydrogen) atoms. The minimum atomic E-state index is -1.14. The second-order valence-corrected chi connectivity index (χ2v) is 6.99. The summed E-state index contributed by atoms with van der Waals surface area (Å²) in [5.74, 6) is -2.24. The molecule has 7 heteroatoms. The smallest absolute Gasteiger partial charge is 0.303 e. The number of halogens is 1. The number of carbonyl (C=O) groups excluding carboxylic acids is 1. The highest BCUT2D eigenvalue weighted by atomic mass is 79.9. The third-order valence-electron chi connectivity index (χ3n) is 4.23. The average molecular weight is 430 g/mol. The van der Waals surface area contributed by atoms with E-state index in [4.69, 9.17) is 5.11 Å². The van der Waals surface area contributed by atoms with Gasteiger partial charge >= 0.3 is 5.97 Å². The SMILES string of the molecule is O=C(O)CCC(=O)c1c(O)c2ccc(Br)cc2n(Cc2ccccc2)c1=O. The minimum absolute atomic E-state index is 0.214. The molecule has 1 aromatic heterocycles. The zero-order valence-electron chi connectivity index (χ0n) is 14.2. The third-order valence-corrected chi connectivity index (χ3v) is 4.72. The van der Waals surface area contributed by atoms with Crippen LogP contribution in [0, 0.1) is 0 Å². The van der Waals surface area contributed by atoms with Crippen molar-refractivity contribution in [3.63, 3.8) is 0 Å². The molecule has 0 amide bonds. The number of aromatic nitrogens is 1. The van der Waals surface area contributed by atoms with E-state index < -0.39 is 29.5 Å². The van der Waals surface area contributed by atoms with Gasteiger partial charge in [-0.15, -0.1) is 0 Å². The second kappa shape index (κ2) is 7.75. The number of aromatic hydroxyl groups is 1. The molecule has 0 aliphatic heterocycles. The fourth-order valence-electron chi connectivity index (χ4n) is 2.93. The molecule has 0 radical (unpaired) electrons. The van der Waals surface area contributed by atoms with Gasteiger partial charge in [0.25, 0.3) is 5.56 Å². The zero-order valence-corrected chi connectivity index (χ0v) is 15.8. The van der Waals surface area contributed by atoms with Crippen LogP contribution in [-0.4, -0.2) is 26.5 Å². The third kappa shape index (κ3) is 3.93. The van der Waals surface area contributed by atoms with Gasteiger partial charge in [0.15, 0.2) is 5.78 Å². The molecule has 2 N–H and O–H groups in total. The van der Waals surface area contributed by atoms with Crippen LogP contribution in [0.25, 0.3) is 10.9 Å². The van der Waals surface area contributed by atoms with Crippen molar-refractivity contribution in [3.05, 3.63) is 74.5 Å². The maximum Gasteiger partial charge on any atom is 0.303 e. The van der Waals surface area contributed by atoms with Gasteiger partial charge in [-0.1, -0.05) is 46.3 Å². The van der Waals surface area contributed by atoms with Crippen molar-refractivity contribution in [2.75, 3.05) is 0 Å². The van der Waals surface area contributed by atoms with Crippen LogP contribution in [0.3, 0.4) is 0 Å². The van der Waals surface area contributed by atoms with Crippen molar-refractivity contribution < 1.29 is 19.8 Å². The maximum atomic E-state index is 13.0. The zero-order chi connectivity index (χ0) is 19.6. The lowest BCUT2D eigenvalue weighted by molar-refractivity contribution is -0.136. The first-order chi connectivity index (χ1) is 12.9. The van der Waals surface area contributed by atoms with Crippen molar-refractivity contribution in [1.29, 1.82) is 0 Å². The number of aliphatic carboxylic acids is 1. The van der Waals surface area contributed by atoms with E-state index in [9.17, 15) is 19.5 Å². The van der Waals surface area contributed by atoms with E-state index in [0.29, 0.717) is 10.9 Å². The Kier molecular flexibility index (Phi) is 5.41. The van der Waals surface area contributed by atoms with Crippen molar-refractivity contribution >= 4 is 38.6 Å². The van der Waals surface area contributed by atoms with E-state index >= 15 is 0 Å². The number of hydrogen-bond donors (Lipinski definition) is 2. The van der Waals surface area contributed by atoms with Crippen LogP contribution >= 0.6 is 15.9 Å². The van der Waals surface area contributed by atoms with Crippen LogP contribution in [0.1, 0.15) is 28.8 Å². The monoisotopic (exact) mass is 429 g/mol. The molecule has 6 nitrogen and oxygen atoms in total. The molecule has 2 aromatic carbocycles. The summed E-state index contributed by atoms with van der Waals surface area (Å²) in [5.41, 5.74) is 0.320. The molecular formula is C20H16BrNO5. The van der Waals surface area contributed by atoms with Gasteiger partial charge in [-0.2, -0.15) is 0 Å². The van der Waals surface area contributed by atoms with E-state index in [1.807, 2.05) is 30.3 Å². The Hall–Kier alpha value is -2.93.